The van der Waals surface area contributed by atoms with Crippen molar-refractivity contribution in [1.82, 2.24) is 10.5 Å². The summed E-state index contributed by atoms with van der Waals surface area (Å²) in [6.45, 7) is 0. The number of amides is 1. The summed E-state index contributed by atoms with van der Waals surface area (Å²) in [6.07, 6.45) is -0.628. The van der Waals surface area contributed by atoms with Gasteiger partial charge >= 0.3 is 5.97 Å². The van der Waals surface area contributed by atoms with Gasteiger partial charge in [-0.15, -0.1) is 0 Å². The van der Waals surface area contributed by atoms with Gasteiger partial charge in [0, 0.05) is 23.3 Å². The molecule has 2 aromatic carbocycles. The molecule has 0 bridgehead atoms. The first-order valence-corrected chi connectivity index (χ1v) is 8.04. The van der Waals surface area contributed by atoms with Crippen LogP contribution in [0.15, 0.2) is 53.1 Å². The molecule has 1 heterocycles. The number of nitrogens with zero attached hydrogens (tertiary/aromatic N) is 1. The van der Waals surface area contributed by atoms with Crippen molar-refractivity contribution in [2.75, 3.05) is 0 Å². The van der Waals surface area contributed by atoms with E-state index in [1.807, 2.05) is 0 Å². The molecule has 0 radical (unpaired) electrons. The summed E-state index contributed by atoms with van der Waals surface area (Å²) in [5.41, 5.74) is 0.108. The van der Waals surface area contributed by atoms with Crippen molar-refractivity contribution in [2.45, 2.75) is 12.5 Å². The maximum Gasteiger partial charge on any atom is 0.305 e. The zero-order valence-electron chi connectivity index (χ0n) is 14.2. The molecule has 9 heteroatoms. The van der Waals surface area contributed by atoms with Gasteiger partial charge < -0.3 is 14.9 Å². The van der Waals surface area contributed by atoms with Crippen molar-refractivity contribution in [1.29, 1.82) is 0 Å². The van der Waals surface area contributed by atoms with E-state index in [1.54, 1.807) is 0 Å². The van der Waals surface area contributed by atoms with Crippen molar-refractivity contribution >= 4 is 11.9 Å². The second-order valence-corrected chi connectivity index (χ2v) is 5.87. The molecule has 0 aliphatic carbocycles. The Morgan fingerprint density at radius 2 is 1.71 bits per heavy atom. The number of carbonyl (C=O) groups excluding carboxylic acids is 1. The third-order valence-corrected chi connectivity index (χ3v) is 3.89. The van der Waals surface area contributed by atoms with Gasteiger partial charge in [-0.25, -0.2) is 13.2 Å². The van der Waals surface area contributed by atoms with Gasteiger partial charge in [0.1, 0.15) is 17.5 Å². The number of hydrogen-bond donors (Lipinski definition) is 2. The van der Waals surface area contributed by atoms with Crippen molar-refractivity contribution in [2.24, 2.45) is 0 Å². The Labute approximate surface area is 156 Å². The number of halogens is 3. The first kappa shape index (κ1) is 19.2. The molecule has 0 saturated carbocycles. The zero-order chi connectivity index (χ0) is 20.3. The Kier molecular flexibility index (Phi) is 5.44. The number of carboxylic acid groups (broad SMARTS) is 1. The number of aliphatic carboxylic acids is 1. The van der Waals surface area contributed by atoms with E-state index in [0.29, 0.717) is 11.6 Å². The SMILES string of the molecule is O=C(O)C[C@@H](NC(=O)c1cc(-c2ccc(F)cc2)on1)c1ccc(F)cc1F. The molecule has 1 atom stereocenters. The van der Waals surface area contributed by atoms with Crippen LogP contribution in [0.1, 0.15) is 28.5 Å². The van der Waals surface area contributed by atoms with E-state index in [-0.39, 0.29) is 17.0 Å². The van der Waals surface area contributed by atoms with Crippen LogP contribution in [0.2, 0.25) is 0 Å². The lowest BCUT2D eigenvalue weighted by Crippen LogP contribution is -2.31. The summed E-state index contributed by atoms with van der Waals surface area (Å²) in [7, 11) is 0. The van der Waals surface area contributed by atoms with Gasteiger partial charge in [0.05, 0.1) is 12.5 Å². The van der Waals surface area contributed by atoms with E-state index in [2.05, 4.69) is 10.5 Å². The maximum atomic E-state index is 14.0. The number of benzene rings is 2. The van der Waals surface area contributed by atoms with Crippen molar-refractivity contribution < 1.29 is 32.4 Å². The van der Waals surface area contributed by atoms with Crippen molar-refractivity contribution in [3.05, 3.63) is 77.2 Å². The van der Waals surface area contributed by atoms with Crippen molar-refractivity contribution in [3.8, 4) is 11.3 Å². The Bertz CT molecular complexity index is 1020. The van der Waals surface area contributed by atoms with Gasteiger partial charge in [0.25, 0.3) is 5.91 Å². The monoisotopic (exact) mass is 390 g/mol. The smallest absolute Gasteiger partial charge is 0.305 e. The van der Waals surface area contributed by atoms with E-state index in [0.717, 1.165) is 12.1 Å². The number of nitrogens with one attached hydrogen (secondary N) is 1. The maximum absolute atomic E-state index is 14.0. The van der Waals surface area contributed by atoms with Crippen LogP contribution in [0.25, 0.3) is 11.3 Å². The summed E-state index contributed by atoms with van der Waals surface area (Å²) in [6, 6.07) is 7.91. The lowest BCUT2D eigenvalue weighted by Gasteiger charge is -2.17. The highest BCUT2D eigenvalue weighted by Crippen LogP contribution is 2.24. The van der Waals surface area contributed by atoms with Crippen LogP contribution >= 0.6 is 0 Å². The third-order valence-electron chi connectivity index (χ3n) is 3.89. The molecular formula is C19H13F3N2O4. The minimum Gasteiger partial charge on any atom is -0.481 e. The summed E-state index contributed by atoms with van der Waals surface area (Å²) in [4.78, 5) is 23.5. The number of aromatic nitrogens is 1. The van der Waals surface area contributed by atoms with Crippen LogP contribution < -0.4 is 5.32 Å². The molecule has 0 saturated heterocycles. The molecular weight excluding hydrogens is 377 g/mol. The van der Waals surface area contributed by atoms with Gasteiger partial charge in [0.15, 0.2) is 11.5 Å². The average molecular weight is 390 g/mol. The quantitative estimate of drug-likeness (QED) is 0.670. The topological polar surface area (TPSA) is 92.4 Å². The summed E-state index contributed by atoms with van der Waals surface area (Å²) >= 11 is 0. The standard InChI is InChI=1S/C19H13F3N2O4/c20-11-3-1-10(2-4-11)17-8-16(24-28-17)19(27)23-15(9-18(25)26)13-6-5-12(21)7-14(13)22/h1-8,15H,9H2,(H,23,27)(H,25,26)/t15-/m1/s1. The predicted octanol–water partition coefficient (Wildman–Crippen LogP) is 3.70. The van der Waals surface area contributed by atoms with E-state index >= 15 is 0 Å². The molecule has 0 spiro atoms. The Morgan fingerprint density at radius 3 is 2.36 bits per heavy atom. The van der Waals surface area contributed by atoms with Gasteiger partial charge in [-0.1, -0.05) is 11.2 Å². The van der Waals surface area contributed by atoms with E-state index in [9.17, 15) is 22.8 Å². The van der Waals surface area contributed by atoms with Crippen LogP contribution in [-0.4, -0.2) is 22.1 Å². The lowest BCUT2D eigenvalue weighted by atomic mass is 10.0. The first-order chi connectivity index (χ1) is 13.3. The van der Waals surface area contributed by atoms with Crippen LogP contribution in [0.3, 0.4) is 0 Å². The molecule has 1 amide bonds. The third kappa shape index (κ3) is 4.37. The number of carbonyl (C=O) groups is 2. The molecule has 0 unspecified atom stereocenters. The highest BCUT2D eigenvalue weighted by atomic mass is 19.1. The average Bonchev–Trinajstić information content (AvgIpc) is 3.11. The fourth-order valence-electron chi connectivity index (χ4n) is 2.56. The molecule has 28 heavy (non-hydrogen) atoms. The van der Waals surface area contributed by atoms with Crippen molar-refractivity contribution in [3.63, 3.8) is 0 Å². The Balaban J connectivity index is 1.82. The minimum atomic E-state index is -1.29. The van der Waals surface area contributed by atoms with E-state index in [4.69, 9.17) is 9.63 Å². The molecule has 1 aromatic heterocycles. The first-order valence-electron chi connectivity index (χ1n) is 8.04. The number of rotatable bonds is 6. The van der Waals surface area contributed by atoms with Crippen LogP contribution in [-0.2, 0) is 4.79 Å². The van der Waals surface area contributed by atoms with Gasteiger partial charge in [-0.2, -0.15) is 0 Å². The molecule has 0 aliphatic heterocycles. The summed E-state index contributed by atoms with van der Waals surface area (Å²) in [5, 5.41) is 15.0. The van der Waals surface area contributed by atoms with Gasteiger partial charge in [-0.05, 0) is 30.3 Å². The van der Waals surface area contributed by atoms with Crippen LogP contribution in [0.4, 0.5) is 13.2 Å². The molecule has 6 nitrogen and oxygen atoms in total. The summed E-state index contributed by atoms with van der Waals surface area (Å²) in [5.74, 6) is -4.18. The number of carboxylic acids is 1. The highest BCUT2D eigenvalue weighted by molar-refractivity contribution is 5.93. The minimum absolute atomic E-state index is 0.181. The van der Waals surface area contributed by atoms with Gasteiger partial charge in [0.2, 0.25) is 0 Å². The summed E-state index contributed by atoms with van der Waals surface area (Å²) < 4.78 is 45.1. The van der Waals surface area contributed by atoms with Crippen LogP contribution in [0.5, 0.6) is 0 Å². The molecule has 3 rings (SSSR count). The molecule has 0 fully saturated rings. The number of hydrogen-bond acceptors (Lipinski definition) is 4. The molecule has 3 aromatic rings. The highest BCUT2D eigenvalue weighted by Gasteiger charge is 2.24. The largest absolute Gasteiger partial charge is 0.481 e. The predicted molar refractivity (Wildman–Crippen MR) is 90.7 cm³/mol. The van der Waals surface area contributed by atoms with E-state index < -0.39 is 41.8 Å². The second kappa shape index (κ2) is 7.95. The lowest BCUT2D eigenvalue weighted by molar-refractivity contribution is -0.137. The molecule has 0 aliphatic rings. The van der Waals surface area contributed by atoms with E-state index in [1.165, 1.54) is 30.3 Å². The van der Waals surface area contributed by atoms with Gasteiger partial charge in [-0.3, -0.25) is 9.59 Å². The fourth-order valence-corrected chi connectivity index (χ4v) is 2.56. The zero-order valence-corrected chi connectivity index (χ0v) is 14.2. The normalized spacial score (nSPS) is 11.8. The Hall–Kier alpha value is -3.62. The molecule has 2 N–H and O–H groups in total. The molecule has 144 valence electrons. The Morgan fingerprint density at radius 1 is 1.04 bits per heavy atom. The van der Waals surface area contributed by atoms with Crippen LogP contribution in [0, 0.1) is 17.5 Å². The fraction of sp³-hybridized carbons (Fsp3) is 0.105. The second-order valence-electron chi connectivity index (χ2n) is 5.87.